The molecule has 0 radical (unpaired) electrons. The van der Waals surface area contributed by atoms with Crippen LogP contribution in [0.5, 0.6) is 0 Å². The first-order valence-electron chi connectivity index (χ1n) is 17.7. The number of amides is 4. The molecule has 0 atom stereocenters. The lowest BCUT2D eigenvalue weighted by Crippen LogP contribution is -2.48. The van der Waals surface area contributed by atoms with Crippen LogP contribution in [-0.4, -0.2) is 133 Å². The van der Waals surface area contributed by atoms with E-state index in [4.69, 9.17) is 19.7 Å². The predicted octanol–water partition coefficient (Wildman–Crippen LogP) is 3.49. The number of likely N-dealkylation sites (N-methyl/N-ethyl adjacent to an activating group) is 1. The first kappa shape index (κ1) is 35.0. The van der Waals surface area contributed by atoms with E-state index < -0.39 is 6.03 Å². The van der Waals surface area contributed by atoms with Crippen LogP contribution in [0.2, 0.25) is 0 Å². The summed E-state index contributed by atoms with van der Waals surface area (Å²) in [7, 11) is 0. The van der Waals surface area contributed by atoms with Crippen LogP contribution in [0.3, 0.4) is 0 Å². The lowest BCUT2D eigenvalue weighted by Gasteiger charge is -2.34. The SMILES string of the molecule is CCN1CCN(C(=O)c2ccc(NC(=O)Nc3ccc(-c4nc(N5CCOCC5)nc(N5CCCN(C(=O)C(C)C)CC5)n4)cc3)cc2)CC1. The topological polar surface area (TPSA) is 139 Å². The Morgan fingerprint density at radius 1 is 0.700 bits per heavy atom. The predicted molar refractivity (Wildman–Crippen MR) is 194 cm³/mol. The van der Waals surface area contributed by atoms with Crippen LogP contribution in [0.25, 0.3) is 11.4 Å². The maximum absolute atomic E-state index is 12.9. The molecule has 0 aliphatic carbocycles. The Labute approximate surface area is 293 Å². The lowest BCUT2D eigenvalue weighted by molar-refractivity contribution is -0.134. The number of aromatic nitrogens is 3. The smallest absolute Gasteiger partial charge is 0.323 e. The molecule has 14 nitrogen and oxygen atoms in total. The molecule has 3 saturated heterocycles. The summed E-state index contributed by atoms with van der Waals surface area (Å²) in [5.41, 5.74) is 2.59. The van der Waals surface area contributed by atoms with Gasteiger partial charge in [0.25, 0.3) is 5.91 Å². The molecule has 6 rings (SSSR count). The highest BCUT2D eigenvalue weighted by molar-refractivity contribution is 6.00. The van der Waals surface area contributed by atoms with Gasteiger partial charge in [0.2, 0.25) is 17.8 Å². The summed E-state index contributed by atoms with van der Waals surface area (Å²) in [4.78, 5) is 63.5. The molecule has 3 aromatic rings. The molecule has 1 aromatic heterocycles. The summed E-state index contributed by atoms with van der Waals surface area (Å²) in [5.74, 6) is 1.86. The van der Waals surface area contributed by atoms with Crippen molar-refractivity contribution in [2.45, 2.75) is 27.2 Å². The van der Waals surface area contributed by atoms with Gasteiger partial charge in [0.15, 0.2) is 5.82 Å². The van der Waals surface area contributed by atoms with E-state index in [-0.39, 0.29) is 17.7 Å². The maximum Gasteiger partial charge on any atom is 0.323 e. The number of piperazine rings is 1. The molecular formula is C36H48N10O4. The third-order valence-electron chi connectivity index (χ3n) is 9.39. The van der Waals surface area contributed by atoms with E-state index in [1.807, 2.05) is 47.9 Å². The zero-order valence-corrected chi connectivity index (χ0v) is 29.3. The van der Waals surface area contributed by atoms with Gasteiger partial charge in [-0.25, -0.2) is 4.79 Å². The first-order chi connectivity index (χ1) is 24.3. The van der Waals surface area contributed by atoms with Gasteiger partial charge >= 0.3 is 6.03 Å². The molecule has 2 aromatic carbocycles. The molecule has 2 N–H and O–H groups in total. The number of benzene rings is 2. The van der Waals surface area contributed by atoms with E-state index >= 15 is 0 Å². The molecule has 3 aliphatic rings. The molecule has 14 heteroatoms. The fraction of sp³-hybridized carbons (Fsp3) is 0.500. The average molecular weight is 685 g/mol. The van der Waals surface area contributed by atoms with Gasteiger partial charge in [-0.3, -0.25) is 9.59 Å². The summed E-state index contributed by atoms with van der Waals surface area (Å²) < 4.78 is 5.56. The third-order valence-corrected chi connectivity index (χ3v) is 9.39. The molecule has 0 unspecified atom stereocenters. The van der Waals surface area contributed by atoms with Crippen LogP contribution in [0.4, 0.5) is 28.1 Å². The second kappa shape index (κ2) is 16.3. The van der Waals surface area contributed by atoms with E-state index in [0.29, 0.717) is 80.6 Å². The van der Waals surface area contributed by atoms with Crippen molar-refractivity contribution in [2.75, 3.05) is 106 Å². The van der Waals surface area contributed by atoms with E-state index in [9.17, 15) is 14.4 Å². The molecule has 266 valence electrons. The van der Waals surface area contributed by atoms with Gasteiger partial charge in [0.1, 0.15) is 0 Å². The number of urea groups is 1. The van der Waals surface area contributed by atoms with Crippen molar-refractivity contribution in [3.05, 3.63) is 54.1 Å². The zero-order chi connectivity index (χ0) is 35.0. The van der Waals surface area contributed by atoms with Crippen molar-refractivity contribution in [2.24, 2.45) is 5.92 Å². The Kier molecular flexibility index (Phi) is 11.4. The molecule has 0 spiro atoms. The van der Waals surface area contributed by atoms with Gasteiger partial charge in [-0.2, -0.15) is 15.0 Å². The van der Waals surface area contributed by atoms with Gasteiger partial charge in [-0.15, -0.1) is 0 Å². The van der Waals surface area contributed by atoms with Crippen molar-refractivity contribution in [3.63, 3.8) is 0 Å². The fourth-order valence-corrected chi connectivity index (χ4v) is 6.37. The summed E-state index contributed by atoms with van der Waals surface area (Å²) in [6, 6.07) is 14.0. The molecule has 0 saturated carbocycles. The van der Waals surface area contributed by atoms with Crippen LogP contribution < -0.4 is 20.4 Å². The van der Waals surface area contributed by atoms with Crippen LogP contribution in [0, 0.1) is 5.92 Å². The number of ether oxygens (including phenoxy) is 1. The molecule has 4 amide bonds. The Morgan fingerprint density at radius 3 is 1.88 bits per heavy atom. The van der Waals surface area contributed by atoms with Crippen LogP contribution in [0.15, 0.2) is 48.5 Å². The largest absolute Gasteiger partial charge is 0.378 e. The second-order valence-corrected chi connectivity index (χ2v) is 13.1. The number of anilines is 4. The minimum atomic E-state index is -0.393. The molecule has 3 fully saturated rings. The quantitative estimate of drug-likeness (QED) is 0.363. The van der Waals surface area contributed by atoms with E-state index in [2.05, 4.69) is 32.3 Å². The standard InChI is InChI=1S/C36H48N10O4/c1-4-42-16-18-44(19-17-42)33(48)28-8-12-30(13-9-28)38-36(49)37-29-10-6-27(7-11-29)31-39-34(41-35(40-31)46-22-24-50-25-23-46)45-15-5-14-43(20-21-45)32(47)26(2)3/h6-13,26H,4-5,14-25H2,1-3H3,(H2,37,38,49). The van der Waals surface area contributed by atoms with Crippen LogP contribution >= 0.6 is 0 Å². The molecule has 3 aliphatic heterocycles. The van der Waals surface area contributed by atoms with Crippen molar-refractivity contribution in [1.82, 2.24) is 29.7 Å². The third kappa shape index (κ3) is 8.66. The summed E-state index contributed by atoms with van der Waals surface area (Å²) >= 11 is 0. The molecule has 0 bridgehead atoms. The first-order valence-corrected chi connectivity index (χ1v) is 17.7. The molecular weight excluding hydrogens is 636 g/mol. The maximum atomic E-state index is 12.9. The summed E-state index contributed by atoms with van der Waals surface area (Å²) in [6.45, 7) is 15.5. The number of hydrogen-bond acceptors (Lipinski definition) is 10. The van der Waals surface area contributed by atoms with Gasteiger partial charge < -0.3 is 39.9 Å². The number of nitrogens with zero attached hydrogens (tertiary/aromatic N) is 8. The number of hydrogen-bond donors (Lipinski definition) is 2. The fourth-order valence-electron chi connectivity index (χ4n) is 6.37. The zero-order valence-electron chi connectivity index (χ0n) is 29.3. The van der Waals surface area contributed by atoms with Gasteiger partial charge in [0, 0.05) is 93.9 Å². The number of rotatable bonds is 8. The minimum Gasteiger partial charge on any atom is -0.378 e. The van der Waals surface area contributed by atoms with Gasteiger partial charge in [-0.05, 0) is 61.5 Å². The van der Waals surface area contributed by atoms with E-state index in [1.54, 1.807) is 24.3 Å². The van der Waals surface area contributed by atoms with Gasteiger partial charge in [-0.1, -0.05) is 20.8 Å². The average Bonchev–Trinajstić information content (AvgIpc) is 3.41. The monoisotopic (exact) mass is 684 g/mol. The van der Waals surface area contributed by atoms with Crippen molar-refractivity contribution >= 4 is 41.1 Å². The Bertz CT molecular complexity index is 1620. The van der Waals surface area contributed by atoms with E-state index in [0.717, 1.165) is 51.3 Å². The highest BCUT2D eigenvalue weighted by Gasteiger charge is 2.25. The number of carbonyl (C=O) groups is 3. The highest BCUT2D eigenvalue weighted by atomic mass is 16.5. The molecule has 4 heterocycles. The van der Waals surface area contributed by atoms with Crippen LogP contribution in [-0.2, 0) is 9.53 Å². The highest BCUT2D eigenvalue weighted by Crippen LogP contribution is 2.25. The van der Waals surface area contributed by atoms with Crippen LogP contribution in [0.1, 0.15) is 37.6 Å². The van der Waals surface area contributed by atoms with Crippen molar-refractivity contribution in [1.29, 1.82) is 0 Å². The lowest BCUT2D eigenvalue weighted by atomic mass is 10.1. The Balaban J connectivity index is 1.10. The Hall–Kier alpha value is -4.82. The minimum absolute atomic E-state index is 0.00964. The van der Waals surface area contributed by atoms with Gasteiger partial charge in [0.05, 0.1) is 13.2 Å². The van der Waals surface area contributed by atoms with Crippen molar-refractivity contribution < 1.29 is 19.1 Å². The summed E-state index contributed by atoms with van der Waals surface area (Å²) in [6.07, 6.45) is 0.827. The number of nitrogens with one attached hydrogen (secondary N) is 2. The second-order valence-electron chi connectivity index (χ2n) is 13.1. The molecule has 50 heavy (non-hydrogen) atoms. The normalized spacial score (nSPS) is 17.4. The Morgan fingerprint density at radius 2 is 1.28 bits per heavy atom. The summed E-state index contributed by atoms with van der Waals surface area (Å²) in [5, 5.41) is 5.72. The van der Waals surface area contributed by atoms with Crippen molar-refractivity contribution in [3.8, 4) is 11.4 Å². The number of carbonyl (C=O) groups excluding carboxylic acids is 3. The van der Waals surface area contributed by atoms with E-state index in [1.165, 1.54) is 0 Å². The number of morpholine rings is 1.